The van der Waals surface area contributed by atoms with Gasteiger partial charge in [0.25, 0.3) is 6.01 Å². The molecule has 4 heteroatoms. The van der Waals surface area contributed by atoms with Gasteiger partial charge in [-0.25, -0.2) is 0 Å². The van der Waals surface area contributed by atoms with Gasteiger partial charge in [0.1, 0.15) is 17.0 Å². The molecule has 0 aliphatic carbocycles. The van der Waals surface area contributed by atoms with Crippen molar-refractivity contribution in [3.63, 3.8) is 0 Å². The highest BCUT2D eigenvalue weighted by atomic mass is 16.4. The van der Waals surface area contributed by atoms with Gasteiger partial charge in [0.05, 0.1) is 6.54 Å². The Labute approximate surface area is 98.3 Å². The van der Waals surface area contributed by atoms with Crippen LogP contribution in [0.5, 0.6) is 0 Å². The number of anilines is 1. The van der Waals surface area contributed by atoms with Crippen LogP contribution >= 0.6 is 0 Å². The summed E-state index contributed by atoms with van der Waals surface area (Å²) in [5.41, 5.74) is 1.64. The number of aromatic nitrogens is 1. The second-order valence-electron chi connectivity index (χ2n) is 3.85. The lowest BCUT2D eigenvalue weighted by molar-refractivity contribution is 0.487. The number of para-hydroxylation sites is 2. The van der Waals surface area contributed by atoms with E-state index < -0.39 is 0 Å². The van der Waals surface area contributed by atoms with Crippen molar-refractivity contribution < 1.29 is 8.83 Å². The highest BCUT2D eigenvalue weighted by Crippen LogP contribution is 2.18. The quantitative estimate of drug-likeness (QED) is 0.747. The molecule has 0 fully saturated rings. The van der Waals surface area contributed by atoms with Gasteiger partial charge in [-0.1, -0.05) is 12.1 Å². The Morgan fingerprint density at radius 3 is 2.76 bits per heavy atom. The topological polar surface area (TPSA) is 51.2 Å². The maximum atomic E-state index is 5.53. The fraction of sp³-hybridized carbons (Fsp3) is 0.154. The molecule has 0 spiro atoms. The molecule has 3 rings (SSSR count). The number of oxazole rings is 1. The highest BCUT2D eigenvalue weighted by molar-refractivity contribution is 5.74. The highest BCUT2D eigenvalue weighted by Gasteiger charge is 2.05. The predicted octanol–water partition coefficient (Wildman–Crippen LogP) is 3.34. The second kappa shape index (κ2) is 3.97. The fourth-order valence-electron chi connectivity index (χ4n) is 1.69. The van der Waals surface area contributed by atoms with E-state index in [0.29, 0.717) is 12.6 Å². The summed E-state index contributed by atoms with van der Waals surface area (Å²) in [6.07, 6.45) is 0. The van der Waals surface area contributed by atoms with Gasteiger partial charge < -0.3 is 14.2 Å². The number of furan rings is 1. The first kappa shape index (κ1) is 9.96. The average molecular weight is 228 g/mol. The molecule has 1 aromatic carbocycles. The minimum absolute atomic E-state index is 0.514. The number of nitrogens with zero attached hydrogens (tertiary/aromatic N) is 1. The van der Waals surface area contributed by atoms with E-state index in [1.807, 2.05) is 43.3 Å². The second-order valence-corrected chi connectivity index (χ2v) is 3.85. The lowest BCUT2D eigenvalue weighted by Gasteiger charge is -1.97. The van der Waals surface area contributed by atoms with Gasteiger partial charge in [0.2, 0.25) is 0 Å². The Bertz CT molecular complexity index is 606. The Kier molecular flexibility index (Phi) is 2.33. The van der Waals surface area contributed by atoms with Crippen molar-refractivity contribution in [2.45, 2.75) is 13.5 Å². The number of rotatable bonds is 3. The van der Waals surface area contributed by atoms with E-state index in [0.717, 1.165) is 22.6 Å². The fourth-order valence-corrected chi connectivity index (χ4v) is 1.69. The molecule has 0 saturated carbocycles. The molecule has 0 aliphatic rings. The maximum Gasteiger partial charge on any atom is 0.296 e. The third-order valence-corrected chi connectivity index (χ3v) is 2.50. The lowest BCUT2D eigenvalue weighted by atomic mass is 10.3. The molecule has 0 atom stereocenters. The minimum Gasteiger partial charge on any atom is -0.465 e. The van der Waals surface area contributed by atoms with Crippen LogP contribution in [-0.2, 0) is 6.54 Å². The van der Waals surface area contributed by atoms with E-state index in [4.69, 9.17) is 8.83 Å². The van der Waals surface area contributed by atoms with Gasteiger partial charge in [0.15, 0.2) is 5.58 Å². The average Bonchev–Trinajstić information content (AvgIpc) is 2.91. The van der Waals surface area contributed by atoms with E-state index in [1.165, 1.54) is 0 Å². The summed E-state index contributed by atoms with van der Waals surface area (Å²) in [5.74, 6) is 1.77. The zero-order valence-electron chi connectivity index (χ0n) is 9.43. The number of aryl methyl sites for hydroxylation is 1. The molecule has 0 saturated heterocycles. The predicted molar refractivity (Wildman–Crippen MR) is 64.8 cm³/mol. The molecule has 3 aromatic rings. The van der Waals surface area contributed by atoms with Gasteiger partial charge in [-0.05, 0) is 31.2 Å². The summed E-state index contributed by atoms with van der Waals surface area (Å²) in [6.45, 7) is 2.49. The van der Waals surface area contributed by atoms with Crippen LogP contribution in [0.4, 0.5) is 6.01 Å². The summed E-state index contributed by atoms with van der Waals surface area (Å²) in [5, 5.41) is 3.09. The van der Waals surface area contributed by atoms with Crippen LogP contribution in [0.15, 0.2) is 45.2 Å². The standard InChI is InChI=1S/C13H12N2O2/c1-9-6-7-10(16-9)8-14-13-15-11-4-2-3-5-12(11)17-13/h2-7H,8H2,1H3,(H,14,15). The smallest absolute Gasteiger partial charge is 0.296 e. The first-order chi connectivity index (χ1) is 8.31. The molecule has 86 valence electrons. The van der Waals surface area contributed by atoms with Crippen LogP contribution in [0.3, 0.4) is 0 Å². The van der Waals surface area contributed by atoms with Gasteiger partial charge in [-0.3, -0.25) is 0 Å². The van der Waals surface area contributed by atoms with E-state index in [-0.39, 0.29) is 0 Å². The lowest BCUT2D eigenvalue weighted by Crippen LogP contribution is -1.97. The van der Waals surface area contributed by atoms with Crippen molar-refractivity contribution in [3.8, 4) is 0 Å². The van der Waals surface area contributed by atoms with E-state index in [2.05, 4.69) is 10.3 Å². The Morgan fingerprint density at radius 2 is 2.00 bits per heavy atom. The van der Waals surface area contributed by atoms with Crippen LogP contribution in [-0.4, -0.2) is 4.98 Å². The summed E-state index contributed by atoms with van der Waals surface area (Å²) < 4.78 is 11.0. The Hall–Kier alpha value is -2.23. The van der Waals surface area contributed by atoms with Gasteiger partial charge in [0, 0.05) is 0 Å². The summed E-state index contributed by atoms with van der Waals surface area (Å²) in [4.78, 5) is 4.32. The van der Waals surface area contributed by atoms with Crippen molar-refractivity contribution in [1.29, 1.82) is 0 Å². The molecule has 2 aromatic heterocycles. The monoisotopic (exact) mass is 228 g/mol. The molecule has 0 aliphatic heterocycles. The zero-order chi connectivity index (χ0) is 11.7. The molecule has 0 amide bonds. The molecule has 0 unspecified atom stereocenters. The molecular weight excluding hydrogens is 216 g/mol. The summed E-state index contributed by atoms with van der Waals surface area (Å²) in [7, 11) is 0. The molecule has 1 N–H and O–H groups in total. The van der Waals surface area contributed by atoms with Crippen molar-refractivity contribution in [1.82, 2.24) is 4.98 Å². The number of hydrogen-bond donors (Lipinski definition) is 1. The third-order valence-electron chi connectivity index (χ3n) is 2.50. The number of hydrogen-bond acceptors (Lipinski definition) is 4. The molecular formula is C13H12N2O2. The molecule has 0 radical (unpaired) electrons. The van der Waals surface area contributed by atoms with Crippen molar-refractivity contribution in [2.24, 2.45) is 0 Å². The largest absolute Gasteiger partial charge is 0.465 e. The van der Waals surface area contributed by atoms with Gasteiger partial charge in [-0.2, -0.15) is 4.98 Å². The normalized spacial score (nSPS) is 10.9. The van der Waals surface area contributed by atoms with Crippen LogP contribution in [0.2, 0.25) is 0 Å². The van der Waals surface area contributed by atoms with Gasteiger partial charge >= 0.3 is 0 Å². The van der Waals surface area contributed by atoms with Crippen LogP contribution in [0.25, 0.3) is 11.1 Å². The SMILES string of the molecule is Cc1ccc(CNc2nc3ccccc3o2)o1. The van der Waals surface area contributed by atoms with Crippen LogP contribution < -0.4 is 5.32 Å². The molecule has 4 nitrogen and oxygen atoms in total. The van der Waals surface area contributed by atoms with E-state index in [1.54, 1.807) is 0 Å². The first-order valence-corrected chi connectivity index (χ1v) is 5.46. The molecule has 17 heavy (non-hydrogen) atoms. The minimum atomic E-state index is 0.514. The van der Waals surface area contributed by atoms with Crippen LogP contribution in [0.1, 0.15) is 11.5 Å². The summed E-state index contributed by atoms with van der Waals surface area (Å²) >= 11 is 0. The zero-order valence-corrected chi connectivity index (χ0v) is 9.43. The number of benzene rings is 1. The van der Waals surface area contributed by atoms with E-state index in [9.17, 15) is 0 Å². The Morgan fingerprint density at radius 1 is 1.12 bits per heavy atom. The van der Waals surface area contributed by atoms with Crippen molar-refractivity contribution in [3.05, 3.63) is 47.9 Å². The Balaban J connectivity index is 1.76. The van der Waals surface area contributed by atoms with Crippen LogP contribution in [0, 0.1) is 6.92 Å². The maximum absolute atomic E-state index is 5.53. The third kappa shape index (κ3) is 2.01. The van der Waals surface area contributed by atoms with E-state index >= 15 is 0 Å². The number of nitrogens with one attached hydrogen (secondary N) is 1. The number of fused-ring (bicyclic) bond motifs is 1. The first-order valence-electron chi connectivity index (χ1n) is 5.46. The molecule has 2 heterocycles. The summed E-state index contributed by atoms with van der Waals surface area (Å²) in [6, 6.07) is 12.1. The van der Waals surface area contributed by atoms with Crippen molar-refractivity contribution >= 4 is 17.1 Å². The molecule has 0 bridgehead atoms. The van der Waals surface area contributed by atoms with Crippen molar-refractivity contribution in [2.75, 3.05) is 5.32 Å². The van der Waals surface area contributed by atoms with Gasteiger partial charge in [-0.15, -0.1) is 0 Å².